The van der Waals surface area contributed by atoms with Crippen LogP contribution >= 0.6 is 0 Å². The van der Waals surface area contributed by atoms with E-state index in [1.165, 1.54) is 77.0 Å². The third kappa shape index (κ3) is 5.09. The van der Waals surface area contributed by atoms with Crippen molar-refractivity contribution in [1.82, 2.24) is 9.13 Å². The molecule has 0 amide bonds. The van der Waals surface area contributed by atoms with Gasteiger partial charge in [-0.15, -0.1) is 0 Å². The smallest absolute Gasteiger partial charge is 0.0641 e. The normalized spacial score (nSPS) is 13.0. The van der Waals surface area contributed by atoms with E-state index in [1.54, 1.807) is 0 Å². The number of para-hydroxylation sites is 3. The topological polar surface area (TPSA) is 13.1 Å². The van der Waals surface area contributed by atoms with Gasteiger partial charge in [-0.3, -0.25) is 0 Å². The van der Waals surface area contributed by atoms with Gasteiger partial charge in [0.25, 0.3) is 0 Å². The number of anilines is 3. The van der Waals surface area contributed by atoms with E-state index in [9.17, 15) is 0 Å². The summed E-state index contributed by atoms with van der Waals surface area (Å²) in [7, 11) is 0. The van der Waals surface area contributed by atoms with Crippen LogP contribution in [0.5, 0.6) is 0 Å². The first-order valence-corrected chi connectivity index (χ1v) is 20.9. The van der Waals surface area contributed by atoms with Gasteiger partial charge in [-0.1, -0.05) is 147 Å². The SMILES string of the molecule is CC1(C)c2ccccc2-c2ccc(N(c3ccc(-c4ccccc4)cc3)c3ccc(-n4c5ccccc5c5ccc6c(c7ccccc7n6-c6ccccc6)c54)cc3)cc21. The fraction of sp³-hybridized carbons (Fsp3) is 0.0526. The lowest BCUT2D eigenvalue weighted by Crippen LogP contribution is -2.16. The Balaban J connectivity index is 1.05. The van der Waals surface area contributed by atoms with Crippen LogP contribution in [0, 0.1) is 0 Å². The predicted molar refractivity (Wildman–Crippen MR) is 253 cm³/mol. The molecule has 3 heteroatoms. The molecule has 0 fully saturated rings. The van der Waals surface area contributed by atoms with Crippen LogP contribution in [0.4, 0.5) is 17.1 Å². The van der Waals surface area contributed by atoms with E-state index in [-0.39, 0.29) is 5.41 Å². The molecule has 12 rings (SSSR count). The van der Waals surface area contributed by atoms with E-state index in [4.69, 9.17) is 0 Å². The van der Waals surface area contributed by atoms with Crippen molar-refractivity contribution in [2.45, 2.75) is 19.3 Å². The molecule has 0 spiro atoms. The summed E-state index contributed by atoms with van der Waals surface area (Å²) in [5.41, 5.74) is 18.1. The molecule has 0 saturated carbocycles. The first-order valence-electron chi connectivity index (χ1n) is 20.9. The quantitative estimate of drug-likeness (QED) is 0.164. The van der Waals surface area contributed by atoms with Crippen LogP contribution in [0.15, 0.2) is 212 Å². The Bertz CT molecular complexity index is 3430. The van der Waals surface area contributed by atoms with Crippen LogP contribution in [0.3, 0.4) is 0 Å². The van der Waals surface area contributed by atoms with E-state index in [0.717, 1.165) is 28.4 Å². The second-order valence-electron chi connectivity index (χ2n) is 16.6. The molecule has 0 saturated heterocycles. The Labute approximate surface area is 349 Å². The Morgan fingerprint density at radius 3 is 1.67 bits per heavy atom. The molecule has 0 bridgehead atoms. The number of rotatable bonds is 6. The molecule has 0 radical (unpaired) electrons. The standard InChI is InChI=1S/C57H41N3/c1-57(2)50-22-12-9-19-45(50)46-34-33-44(37-51(46)57)58(41-27-25-39(26-28-41)38-15-5-3-6-16-38)42-29-31-43(32-30-42)60-52-23-13-10-20-47(52)48-35-36-54-55(56(48)60)49-21-11-14-24-53(49)59(54)40-17-7-4-8-18-40/h3-37H,1-2H3. The number of aromatic nitrogens is 2. The first kappa shape index (κ1) is 34.4. The van der Waals surface area contributed by atoms with Crippen molar-refractivity contribution in [3.8, 4) is 33.6 Å². The van der Waals surface area contributed by atoms with Gasteiger partial charge in [0.1, 0.15) is 0 Å². The summed E-state index contributed by atoms with van der Waals surface area (Å²) >= 11 is 0. The lowest BCUT2D eigenvalue weighted by Gasteiger charge is -2.28. The Morgan fingerprint density at radius 1 is 0.367 bits per heavy atom. The maximum absolute atomic E-state index is 2.48. The van der Waals surface area contributed by atoms with Gasteiger partial charge in [-0.2, -0.15) is 0 Å². The molecule has 11 aromatic rings. The summed E-state index contributed by atoms with van der Waals surface area (Å²) < 4.78 is 4.89. The average Bonchev–Trinajstić information content (AvgIpc) is 3.91. The van der Waals surface area contributed by atoms with E-state index in [1.807, 2.05) is 0 Å². The van der Waals surface area contributed by atoms with Crippen molar-refractivity contribution in [2.24, 2.45) is 0 Å². The van der Waals surface area contributed by atoms with Gasteiger partial charge in [-0.25, -0.2) is 0 Å². The van der Waals surface area contributed by atoms with Gasteiger partial charge in [0.05, 0.1) is 22.1 Å². The van der Waals surface area contributed by atoms with Crippen molar-refractivity contribution >= 4 is 60.7 Å². The van der Waals surface area contributed by atoms with E-state index >= 15 is 0 Å². The lowest BCUT2D eigenvalue weighted by molar-refractivity contribution is 0.660. The van der Waals surface area contributed by atoms with Crippen LogP contribution in [-0.2, 0) is 5.41 Å². The maximum atomic E-state index is 2.48. The van der Waals surface area contributed by atoms with Gasteiger partial charge < -0.3 is 14.0 Å². The number of hydrogen-bond donors (Lipinski definition) is 0. The summed E-state index contributed by atoms with van der Waals surface area (Å²) in [5, 5.41) is 5.00. The van der Waals surface area contributed by atoms with Gasteiger partial charge in [0.15, 0.2) is 0 Å². The molecule has 0 atom stereocenters. The maximum Gasteiger partial charge on any atom is 0.0641 e. The van der Waals surface area contributed by atoms with Gasteiger partial charge in [-0.05, 0) is 112 Å². The monoisotopic (exact) mass is 767 g/mol. The van der Waals surface area contributed by atoms with Crippen molar-refractivity contribution in [3.63, 3.8) is 0 Å². The lowest BCUT2D eigenvalue weighted by atomic mass is 9.82. The Morgan fingerprint density at radius 2 is 0.917 bits per heavy atom. The van der Waals surface area contributed by atoms with Gasteiger partial charge in [0.2, 0.25) is 0 Å². The summed E-state index contributed by atoms with van der Waals surface area (Å²) in [6.45, 7) is 4.71. The number of benzene rings is 9. The molecule has 2 heterocycles. The van der Waals surface area contributed by atoms with E-state index in [0.29, 0.717) is 0 Å². The third-order valence-electron chi connectivity index (χ3n) is 12.9. The van der Waals surface area contributed by atoms with Gasteiger partial charge >= 0.3 is 0 Å². The van der Waals surface area contributed by atoms with Crippen molar-refractivity contribution in [1.29, 1.82) is 0 Å². The van der Waals surface area contributed by atoms with E-state index < -0.39 is 0 Å². The van der Waals surface area contributed by atoms with Crippen LogP contribution < -0.4 is 4.90 Å². The molecule has 1 aliphatic rings. The predicted octanol–water partition coefficient (Wildman–Crippen LogP) is 15.3. The number of hydrogen-bond acceptors (Lipinski definition) is 1. The van der Waals surface area contributed by atoms with Crippen LogP contribution in [0.25, 0.3) is 77.2 Å². The third-order valence-corrected chi connectivity index (χ3v) is 12.9. The fourth-order valence-corrected chi connectivity index (χ4v) is 10.1. The van der Waals surface area contributed by atoms with Crippen molar-refractivity contribution in [2.75, 3.05) is 4.90 Å². The van der Waals surface area contributed by atoms with Crippen molar-refractivity contribution < 1.29 is 0 Å². The van der Waals surface area contributed by atoms with Crippen LogP contribution in [-0.4, -0.2) is 9.13 Å². The summed E-state index contributed by atoms with van der Waals surface area (Å²) in [6.07, 6.45) is 0. The molecule has 60 heavy (non-hydrogen) atoms. The minimum atomic E-state index is -0.111. The molecule has 0 N–H and O–H groups in total. The zero-order chi connectivity index (χ0) is 40.0. The highest BCUT2D eigenvalue weighted by atomic mass is 15.1. The minimum Gasteiger partial charge on any atom is -0.310 e. The highest BCUT2D eigenvalue weighted by Crippen LogP contribution is 2.51. The molecule has 0 aliphatic heterocycles. The highest BCUT2D eigenvalue weighted by Gasteiger charge is 2.35. The summed E-state index contributed by atoms with van der Waals surface area (Å²) in [5.74, 6) is 0. The Kier molecular flexibility index (Phi) is 7.58. The summed E-state index contributed by atoms with van der Waals surface area (Å²) in [4.78, 5) is 2.41. The second kappa shape index (κ2) is 13.2. The molecule has 2 aromatic heterocycles. The fourth-order valence-electron chi connectivity index (χ4n) is 10.1. The molecular formula is C57H41N3. The number of nitrogens with zero attached hydrogens (tertiary/aromatic N) is 3. The minimum absolute atomic E-state index is 0.111. The largest absolute Gasteiger partial charge is 0.310 e. The molecule has 3 nitrogen and oxygen atoms in total. The zero-order valence-electron chi connectivity index (χ0n) is 33.5. The highest BCUT2D eigenvalue weighted by molar-refractivity contribution is 6.26. The van der Waals surface area contributed by atoms with Crippen molar-refractivity contribution in [3.05, 3.63) is 223 Å². The molecular weight excluding hydrogens is 727 g/mol. The van der Waals surface area contributed by atoms with Crippen LogP contribution in [0.2, 0.25) is 0 Å². The molecule has 284 valence electrons. The Hall–Kier alpha value is -7.62. The van der Waals surface area contributed by atoms with E-state index in [2.05, 4.69) is 240 Å². The first-order chi connectivity index (χ1) is 29.5. The molecule has 9 aromatic carbocycles. The summed E-state index contributed by atoms with van der Waals surface area (Å²) in [6, 6.07) is 77.8. The van der Waals surface area contributed by atoms with Gasteiger partial charge in [0, 0.05) is 55.4 Å². The molecule has 0 unspecified atom stereocenters. The number of fused-ring (bicyclic) bond motifs is 10. The molecule has 1 aliphatic carbocycles. The zero-order valence-corrected chi connectivity index (χ0v) is 33.5. The second-order valence-corrected chi connectivity index (χ2v) is 16.6. The van der Waals surface area contributed by atoms with Crippen LogP contribution in [0.1, 0.15) is 25.0 Å². The average molecular weight is 768 g/mol.